The first-order valence-corrected chi connectivity index (χ1v) is 11.7. The first kappa shape index (κ1) is 22.3. The molecule has 0 bridgehead atoms. The molecule has 1 aromatic carbocycles. The molecular formula is C22H27N5O4S. The van der Waals surface area contributed by atoms with E-state index in [1.165, 1.54) is 11.8 Å². The van der Waals surface area contributed by atoms with E-state index in [1.54, 1.807) is 20.0 Å². The maximum absolute atomic E-state index is 12.5. The van der Waals surface area contributed by atoms with Crippen molar-refractivity contribution in [2.75, 3.05) is 12.4 Å². The molecule has 2 aromatic rings. The molecule has 4 amide bonds. The van der Waals surface area contributed by atoms with Crippen LogP contribution >= 0.6 is 11.8 Å². The molecule has 2 fully saturated rings. The zero-order chi connectivity index (χ0) is 22.7. The van der Waals surface area contributed by atoms with E-state index < -0.39 is 23.4 Å². The monoisotopic (exact) mass is 457 g/mol. The maximum atomic E-state index is 12.5. The van der Waals surface area contributed by atoms with Crippen LogP contribution in [0.25, 0.3) is 11.3 Å². The number of nitrogens with zero attached hydrogens (tertiary/aromatic N) is 3. The summed E-state index contributed by atoms with van der Waals surface area (Å²) < 4.78 is 7.89. The fourth-order valence-electron chi connectivity index (χ4n) is 3.79. The largest absolute Gasteiger partial charge is 0.376 e. The highest BCUT2D eigenvalue weighted by molar-refractivity contribution is 7.99. The highest BCUT2D eigenvalue weighted by atomic mass is 32.2. The van der Waals surface area contributed by atoms with E-state index in [4.69, 9.17) is 4.74 Å². The molecule has 32 heavy (non-hydrogen) atoms. The molecule has 9 nitrogen and oxygen atoms in total. The van der Waals surface area contributed by atoms with E-state index in [1.807, 2.05) is 30.3 Å². The van der Waals surface area contributed by atoms with Crippen molar-refractivity contribution in [3.05, 3.63) is 36.5 Å². The van der Waals surface area contributed by atoms with Crippen LogP contribution in [0, 0.1) is 0 Å². The fraction of sp³-hybridized carbons (Fsp3) is 0.455. The summed E-state index contributed by atoms with van der Waals surface area (Å²) in [5.74, 6) is -0.905. The summed E-state index contributed by atoms with van der Waals surface area (Å²) in [7, 11) is 0. The number of amides is 4. The van der Waals surface area contributed by atoms with E-state index in [-0.39, 0.29) is 11.9 Å². The van der Waals surface area contributed by atoms with Crippen molar-refractivity contribution in [1.82, 2.24) is 25.3 Å². The van der Waals surface area contributed by atoms with Gasteiger partial charge in [0.2, 0.25) is 5.91 Å². The zero-order valence-electron chi connectivity index (χ0n) is 18.2. The van der Waals surface area contributed by atoms with Gasteiger partial charge in [0.05, 0.1) is 30.3 Å². The SMILES string of the molecule is CCC1(C)NC(=O)N(NC(=O)CSc2ncc(-c3ccccc3)n2CC2CCCO2)C1=O. The van der Waals surface area contributed by atoms with E-state index >= 15 is 0 Å². The minimum atomic E-state index is -1.00. The van der Waals surface area contributed by atoms with Crippen LogP contribution in [0.3, 0.4) is 0 Å². The van der Waals surface area contributed by atoms with Crippen LogP contribution in [0.1, 0.15) is 33.1 Å². The Morgan fingerprint density at radius 3 is 2.78 bits per heavy atom. The number of nitrogens with one attached hydrogen (secondary N) is 2. The standard InChI is InChI=1S/C22H27N5O4S/c1-3-22(2)19(29)27(20(30)24-22)25-18(28)14-32-21-23-12-17(15-8-5-4-6-9-15)26(21)13-16-10-7-11-31-16/h4-6,8-9,12,16H,3,7,10-11,13-14H2,1-2H3,(H,24,30)(H,25,28). The molecule has 3 heterocycles. The Labute approximate surface area is 190 Å². The number of hydrazine groups is 1. The normalized spacial score (nSPS) is 22.9. The molecule has 10 heteroatoms. The Hall–Kier alpha value is -2.85. The number of benzene rings is 1. The van der Waals surface area contributed by atoms with E-state index in [0.717, 1.165) is 35.7 Å². The second-order valence-corrected chi connectivity index (χ2v) is 9.06. The summed E-state index contributed by atoms with van der Waals surface area (Å²) in [5, 5.41) is 4.07. The molecule has 170 valence electrons. The van der Waals surface area contributed by atoms with Gasteiger partial charge in [-0.3, -0.25) is 15.0 Å². The summed E-state index contributed by atoms with van der Waals surface area (Å²) in [5.41, 5.74) is 3.41. The number of hydrogen-bond acceptors (Lipinski definition) is 6. The molecule has 2 unspecified atom stereocenters. The van der Waals surface area contributed by atoms with E-state index in [0.29, 0.717) is 18.1 Å². The molecular weight excluding hydrogens is 430 g/mol. The Kier molecular flexibility index (Phi) is 6.52. The van der Waals surface area contributed by atoms with Gasteiger partial charge >= 0.3 is 6.03 Å². The van der Waals surface area contributed by atoms with Gasteiger partial charge in [-0.25, -0.2) is 9.78 Å². The van der Waals surface area contributed by atoms with Gasteiger partial charge in [-0.2, -0.15) is 5.01 Å². The molecule has 0 aliphatic carbocycles. The molecule has 2 aliphatic heterocycles. The molecule has 1 aromatic heterocycles. The minimum Gasteiger partial charge on any atom is -0.376 e. The van der Waals surface area contributed by atoms with Gasteiger partial charge in [0.25, 0.3) is 5.91 Å². The smallest absolute Gasteiger partial charge is 0.344 e. The Morgan fingerprint density at radius 1 is 1.34 bits per heavy atom. The first-order chi connectivity index (χ1) is 15.4. The van der Waals surface area contributed by atoms with Crippen molar-refractivity contribution in [3.63, 3.8) is 0 Å². The Balaban J connectivity index is 1.46. The van der Waals surface area contributed by atoms with E-state index in [9.17, 15) is 14.4 Å². The number of carbonyl (C=O) groups excluding carboxylic acids is 3. The van der Waals surface area contributed by atoms with Crippen molar-refractivity contribution < 1.29 is 19.1 Å². The summed E-state index contributed by atoms with van der Waals surface area (Å²) in [6.45, 7) is 4.85. The lowest BCUT2D eigenvalue weighted by Gasteiger charge is -2.19. The number of aromatic nitrogens is 2. The van der Waals surface area contributed by atoms with Gasteiger partial charge in [-0.15, -0.1) is 0 Å². The molecule has 0 radical (unpaired) electrons. The van der Waals surface area contributed by atoms with Gasteiger partial charge < -0.3 is 14.6 Å². The van der Waals surface area contributed by atoms with Crippen molar-refractivity contribution in [1.29, 1.82) is 0 Å². The molecule has 0 saturated carbocycles. The highest BCUT2D eigenvalue weighted by Gasteiger charge is 2.47. The van der Waals surface area contributed by atoms with E-state index in [2.05, 4.69) is 20.3 Å². The third kappa shape index (κ3) is 4.51. The lowest BCUT2D eigenvalue weighted by molar-refractivity contribution is -0.137. The van der Waals surface area contributed by atoms with Crippen molar-refractivity contribution in [2.24, 2.45) is 0 Å². The summed E-state index contributed by atoms with van der Waals surface area (Å²) in [6.07, 6.45) is 4.36. The molecule has 2 aliphatic rings. The average molecular weight is 458 g/mol. The summed E-state index contributed by atoms with van der Waals surface area (Å²) in [6, 6.07) is 9.33. The maximum Gasteiger partial charge on any atom is 0.344 e. The van der Waals surface area contributed by atoms with Gasteiger partial charge in [0, 0.05) is 6.61 Å². The van der Waals surface area contributed by atoms with Crippen LogP contribution in [0.2, 0.25) is 0 Å². The zero-order valence-corrected chi connectivity index (χ0v) is 19.0. The number of ether oxygens (including phenoxy) is 1. The molecule has 0 spiro atoms. The molecule has 2 saturated heterocycles. The highest BCUT2D eigenvalue weighted by Crippen LogP contribution is 2.28. The molecule has 2 atom stereocenters. The van der Waals surface area contributed by atoms with Crippen molar-refractivity contribution in [2.45, 2.75) is 56.5 Å². The number of urea groups is 1. The van der Waals surface area contributed by atoms with Crippen LogP contribution in [-0.2, 0) is 20.9 Å². The average Bonchev–Trinajstić information content (AvgIpc) is 3.50. The van der Waals surface area contributed by atoms with Crippen molar-refractivity contribution in [3.8, 4) is 11.3 Å². The topological polar surface area (TPSA) is 106 Å². The second kappa shape index (κ2) is 9.33. The summed E-state index contributed by atoms with van der Waals surface area (Å²) in [4.78, 5) is 41.7. The number of carbonyl (C=O) groups is 3. The van der Waals surface area contributed by atoms with Gasteiger partial charge in [0.1, 0.15) is 5.54 Å². The van der Waals surface area contributed by atoms with Crippen LogP contribution in [0.15, 0.2) is 41.7 Å². The quantitative estimate of drug-likeness (QED) is 0.466. The first-order valence-electron chi connectivity index (χ1n) is 10.7. The fourth-order valence-corrected chi connectivity index (χ4v) is 4.57. The molecule has 2 N–H and O–H groups in total. The van der Waals surface area contributed by atoms with Crippen molar-refractivity contribution >= 4 is 29.6 Å². The van der Waals surface area contributed by atoms with Crippen LogP contribution in [0.4, 0.5) is 4.79 Å². The predicted molar refractivity (Wildman–Crippen MR) is 120 cm³/mol. The number of rotatable bonds is 8. The van der Waals surface area contributed by atoms with Crippen LogP contribution in [-0.4, -0.2) is 56.4 Å². The lowest BCUT2D eigenvalue weighted by Crippen LogP contribution is -2.49. The molecule has 4 rings (SSSR count). The number of imidazole rings is 1. The van der Waals surface area contributed by atoms with Crippen LogP contribution < -0.4 is 10.7 Å². The third-order valence-electron chi connectivity index (χ3n) is 5.84. The second-order valence-electron chi connectivity index (χ2n) is 8.12. The number of hydrogen-bond donors (Lipinski definition) is 2. The van der Waals surface area contributed by atoms with Gasteiger partial charge in [-0.1, -0.05) is 49.0 Å². The summed E-state index contributed by atoms with van der Waals surface area (Å²) >= 11 is 1.26. The van der Waals surface area contributed by atoms with Crippen LogP contribution in [0.5, 0.6) is 0 Å². The predicted octanol–water partition coefficient (Wildman–Crippen LogP) is 2.57. The number of thioether (sulfide) groups is 1. The number of imide groups is 1. The third-order valence-corrected chi connectivity index (χ3v) is 6.83. The van der Waals surface area contributed by atoms with Gasteiger partial charge in [0.15, 0.2) is 5.16 Å². The minimum absolute atomic E-state index is 0.0106. The Morgan fingerprint density at radius 2 is 2.12 bits per heavy atom. The van der Waals surface area contributed by atoms with Gasteiger partial charge in [-0.05, 0) is 31.7 Å². The Bertz CT molecular complexity index is 1010. The lowest BCUT2D eigenvalue weighted by atomic mass is 10.00.